The monoisotopic (exact) mass is 384 g/mol. The maximum atomic E-state index is 11.9. The van der Waals surface area contributed by atoms with Gasteiger partial charge >= 0.3 is 11.9 Å². The Bertz CT molecular complexity index is 745. The van der Waals surface area contributed by atoms with Gasteiger partial charge in [0.15, 0.2) is 0 Å². The van der Waals surface area contributed by atoms with E-state index in [-0.39, 0.29) is 17.8 Å². The van der Waals surface area contributed by atoms with Crippen LogP contribution in [0.1, 0.15) is 25.3 Å². The van der Waals surface area contributed by atoms with Crippen molar-refractivity contribution < 1.29 is 29.7 Å². The lowest BCUT2D eigenvalue weighted by Gasteiger charge is -2.30. The first-order valence-corrected chi connectivity index (χ1v) is 8.01. The minimum atomic E-state index is -1.21. The van der Waals surface area contributed by atoms with Crippen LogP contribution < -0.4 is 11.2 Å². The number of halogens is 1. The highest BCUT2D eigenvalue weighted by Crippen LogP contribution is 2.40. The number of ether oxygens (including phenoxy) is 1. The molecular weight excluding hydrogens is 364 g/mol. The molecular formula is C17H21ClN2O6. The Balaban J connectivity index is 0.00000163. The average Bonchev–Trinajstić information content (AvgIpc) is 2.60. The molecule has 6 N–H and O–H groups in total. The highest BCUT2D eigenvalue weighted by atomic mass is 35.5. The van der Waals surface area contributed by atoms with Crippen LogP contribution in [0.15, 0.2) is 46.8 Å². The maximum Gasteiger partial charge on any atom is 0.334 e. The first-order chi connectivity index (χ1) is 12.4. The normalized spacial score (nSPS) is 16.6. The van der Waals surface area contributed by atoms with Crippen molar-refractivity contribution in [3.8, 4) is 0 Å². The second-order valence-electron chi connectivity index (χ2n) is 5.26. The van der Waals surface area contributed by atoms with E-state index in [4.69, 9.17) is 21.5 Å². The number of carboxylic acids is 2. The molecule has 1 heterocycles. The Morgan fingerprint density at radius 2 is 1.77 bits per heavy atom. The second kappa shape index (κ2) is 9.93. The molecule has 1 aliphatic heterocycles. The van der Waals surface area contributed by atoms with Gasteiger partial charge in [0.2, 0.25) is 0 Å². The van der Waals surface area contributed by atoms with Gasteiger partial charge in [-0.2, -0.15) is 0 Å². The van der Waals surface area contributed by atoms with Gasteiger partial charge in [-0.25, -0.2) is 15.5 Å². The summed E-state index contributed by atoms with van der Waals surface area (Å²) in [6.45, 7) is 3.84. The third-order valence-corrected chi connectivity index (χ3v) is 4.12. The molecule has 0 aliphatic carbocycles. The van der Waals surface area contributed by atoms with Crippen molar-refractivity contribution in [1.29, 1.82) is 0 Å². The van der Waals surface area contributed by atoms with Gasteiger partial charge in [0, 0.05) is 17.3 Å². The van der Waals surface area contributed by atoms with Crippen molar-refractivity contribution in [3.63, 3.8) is 0 Å². The third kappa shape index (κ3) is 4.61. The van der Waals surface area contributed by atoms with E-state index in [1.807, 2.05) is 0 Å². The summed E-state index contributed by atoms with van der Waals surface area (Å²) in [5.74, 6) is 0.109. The van der Waals surface area contributed by atoms with Crippen LogP contribution in [0.5, 0.6) is 0 Å². The molecule has 2 rings (SSSR count). The van der Waals surface area contributed by atoms with E-state index >= 15 is 0 Å². The Morgan fingerprint density at radius 1 is 1.19 bits per heavy atom. The van der Waals surface area contributed by atoms with E-state index in [0.29, 0.717) is 28.6 Å². The van der Waals surface area contributed by atoms with Crippen molar-refractivity contribution in [2.75, 3.05) is 13.2 Å². The number of hydrogen-bond acceptors (Lipinski definition) is 6. The summed E-state index contributed by atoms with van der Waals surface area (Å²) < 4.78 is 5.33. The molecule has 0 fully saturated rings. The van der Waals surface area contributed by atoms with Gasteiger partial charge in [-0.3, -0.25) is 0 Å². The molecule has 0 amide bonds. The molecule has 0 spiro atoms. The second-order valence-corrected chi connectivity index (χ2v) is 5.67. The van der Waals surface area contributed by atoms with E-state index in [1.54, 1.807) is 38.1 Å². The Kier molecular flexibility index (Phi) is 8.27. The lowest BCUT2D eigenvalue weighted by Crippen LogP contribution is -2.33. The van der Waals surface area contributed by atoms with E-state index in [9.17, 15) is 19.8 Å². The zero-order chi connectivity index (χ0) is 19.9. The summed E-state index contributed by atoms with van der Waals surface area (Å²) in [5.41, 5.74) is 1.02. The zero-order valence-corrected chi connectivity index (χ0v) is 15.1. The largest absolute Gasteiger partial charge is 0.478 e. The van der Waals surface area contributed by atoms with Gasteiger partial charge in [-0.05, 0) is 25.5 Å². The molecule has 0 radical (unpaired) electrons. The lowest BCUT2D eigenvalue weighted by molar-refractivity contribution is -0.133. The third-order valence-electron chi connectivity index (χ3n) is 3.77. The van der Waals surface area contributed by atoms with Gasteiger partial charge in [-0.1, -0.05) is 29.8 Å². The van der Waals surface area contributed by atoms with Crippen LogP contribution in [0.25, 0.3) is 0 Å². The molecule has 8 nitrogen and oxygen atoms in total. The number of hydrogen-bond donors (Lipinski definition) is 5. The van der Waals surface area contributed by atoms with E-state index < -0.39 is 17.9 Å². The zero-order valence-electron chi connectivity index (χ0n) is 14.3. The van der Waals surface area contributed by atoms with E-state index in [2.05, 4.69) is 11.2 Å². The first kappa shape index (κ1) is 21.7. The van der Waals surface area contributed by atoms with Gasteiger partial charge in [-0.15, -0.1) is 0 Å². The average molecular weight is 385 g/mol. The van der Waals surface area contributed by atoms with Crippen molar-refractivity contribution in [2.24, 2.45) is 5.90 Å². The van der Waals surface area contributed by atoms with Crippen LogP contribution in [0.4, 0.5) is 0 Å². The van der Waals surface area contributed by atoms with Crippen LogP contribution >= 0.6 is 11.6 Å². The molecule has 0 saturated heterocycles. The fourth-order valence-corrected chi connectivity index (χ4v) is 3.02. The molecule has 1 unspecified atom stereocenters. The molecule has 1 aliphatic rings. The van der Waals surface area contributed by atoms with Gasteiger partial charge in [0.1, 0.15) is 0 Å². The number of carbonyl (C=O) groups is 2. The van der Waals surface area contributed by atoms with Crippen LogP contribution in [-0.2, 0) is 14.3 Å². The van der Waals surface area contributed by atoms with Crippen molar-refractivity contribution in [3.05, 3.63) is 57.4 Å². The molecule has 142 valence electrons. The van der Waals surface area contributed by atoms with Crippen LogP contribution in [0, 0.1) is 0 Å². The Labute approximate surface area is 155 Å². The van der Waals surface area contributed by atoms with Crippen molar-refractivity contribution in [1.82, 2.24) is 5.32 Å². The summed E-state index contributed by atoms with van der Waals surface area (Å²) in [5, 5.41) is 29.0. The number of aliphatic carboxylic acids is 2. The number of allylic oxidation sites excluding steroid dienone is 1. The Morgan fingerprint density at radius 3 is 2.27 bits per heavy atom. The smallest absolute Gasteiger partial charge is 0.334 e. The fraction of sp³-hybridized carbons (Fsp3) is 0.294. The first-order valence-electron chi connectivity index (χ1n) is 7.63. The summed E-state index contributed by atoms with van der Waals surface area (Å²) in [4.78, 5) is 23.6. The molecule has 0 bridgehead atoms. The van der Waals surface area contributed by atoms with Crippen molar-refractivity contribution >= 4 is 23.5 Å². The molecule has 1 aromatic rings. The van der Waals surface area contributed by atoms with E-state index in [0.717, 1.165) is 0 Å². The minimum absolute atomic E-state index is 0.0410. The number of nitrogens with one attached hydrogen (secondary N) is 1. The van der Waals surface area contributed by atoms with Gasteiger partial charge in [0.25, 0.3) is 0 Å². The maximum absolute atomic E-state index is 11.9. The fourth-order valence-electron chi connectivity index (χ4n) is 2.77. The quantitative estimate of drug-likeness (QED) is 0.469. The Hall–Kier alpha value is -2.39. The topological polar surface area (TPSA) is 142 Å². The van der Waals surface area contributed by atoms with Crippen molar-refractivity contribution in [2.45, 2.75) is 19.8 Å². The molecule has 1 atom stereocenters. The molecule has 9 heteroatoms. The highest BCUT2D eigenvalue weighted by Gasteiger charge is 2.38. The number of benzene rings is 1. The van der Waals surface area contributed by atoms with Crippen LogP contribution in [0.2, 0.25) is 5.02 Å². The summed E-state index contributed by atoms with van der Waals surface area (Å²) in [6, 6.07) is 6.64. The number of rotatable bonds is 6. The molecule has 0 saturated carbocycles. The molecule has 1 aromatic carbocycles. The van der Waals surface area contributed by atoms with Gasteiger partial charge in [0.05, 0.1) is 29.4 Å². The predicted molar refractivity (Wildman–Crippen MR) is 94.8 cm³/mol. The number of nitrogens with two attached hydrogens (primary N) is 1. The van der Waals surface area contributed by atoms with Crippen LogP contribution in [0.3, 0.4) is 0 Å². The summed E-state index contributed by atoms with van der Waals surface area (Å²) in [7, 11) is 0. The summed E-state index contributed by atoms with van der Waals surface area (Å²) >= 11 is 6.21. The van der Waals surface area contributed by atoms with Crippen LogP contribution in [-0.4, -0.2) is 40.6 Å². The molecule has 0 aromatic heterocycles. The molecule has 26 heavy (non-hydrogen) atoms. The standard InChI is InChI=1S/C17H18ClNO5.H3NO/c1-3-24-8-12-15(17(22)23)14(10-6-4-5-7-11(10)18)13(16(20)21)9(2)19-12;1-2/h4-7,14,19H,3,8H2,1-2H3,(H,20,21)(H,22,23);2H,1H2. The van der Waals surface area contributed by atoms with Gasteiger partial charge < -0.3 is 25.5 Å². The lowest BCUT2D eigenvalue weighted by atomic mass is 9.80. The predicted octanol–water partition coefficient (Wildman–Crippen LogP) is 2.09. The number of dihydropyridines is 1. The SMILES string of the molecule is CCOCC1=C(C(=O)O)C(c2ccccc2Cl)C(C(=O)O)=C(C)N1.NO. The number of carboxylic acid groups (broad SMARTS) is 2. The summed E-state index contributed by atoms with van der Waals surface area (Å²) in [6.07, 6.45) is 0. The highest BCUT2D eigenvalue weighted by molar-refractivity contribution is 6.31. The van der Waals surface area contributed by atoms with E-state index in [1.165, 1.54) is 0 Å². The minimum Gasteiger partial charge on any atom is -0.478 e.